The second kappa shape index (κ2) is 7.17. The van der Waals surface area contributed by atoms with Crippen LogP contribution in [0.2, 0.25) is 5.02 Å². The number of sulfonamides is 1. The van der Waals surface area contributed by atoms with E-state index >= 15 is 0 Å². The van der Waals surface area contributed by atoms with E-state index in [2.05, 4.69) is 4.72 Å². The van der Waals surface area contributed by atoms with E-state index in [1.54, 1.807) is 24.3 Å². The van der Waals surface area contributed by atoms with Crippen molar-refractivity contribution in [2.75, 3.05) is 6.54 Å². The van der Waals surface area contributed by atoms with Gasteiger partial charge >= 0.3 is 0 Å². The van der Waals surface area contributed by atoms with Crippen LogP contribution < -0.4 is 4.72 Å². The molecule has 0 aliphatic carbocycles. The molecule has 0 radical (unpaired) electrons. The van der Waals surface area contributed by atoms with Gasteiger partial charge in [-0.1, -0.05) is 29.8 Å². The molecule has 0 amide bonds. The zero-order valence-corrected chi connectivity index (χ0v) is 13.1. The van der Waals surface area contributed by atoms with Gasteiger partial charge in [-0.3, -0.25) is 0 Å². The normalized spacial score (nSPS) is 11.6. The van der Waals surface area contributed by atoms with Crippen LogP contribution in [0, 0.1) is 11.6 Å². The van der Waals surface area contributed by atoms with Crippen molar-refractivity contribution in [2.24, 2.45) is 0 Å². The van der Waals surface area contributed by atoms with Crippen LogP contribution >= 0.6 is 11.6 Å². The first-order valence-corrected chi connectivity index (χ1v) is 8.54. The van der Waals surface area contributed by atoms with Gasteiger partial charge in [-0.25, -0.2) is 21.9 Å². The molecule has 0 saturated carbocycles. The largest absolute Gasteiger partial charge is 0.215 e. The summed E-state index contributed by atoms with van der Waals surface area (Å²) >= 11 is 5.73. The molecule has 118 valence electrons. The van der Waals surface area contributed by atoms with Crippen LogP contribution in [0.4, 0.5) is 8.78 Å². The van der Waals surface area contributed by atoms with Gasteiger partial charge in [-0.2, -0.15) is 0 Å². The SMILES string of the molecule is O=S(=O)(Cc1ccc(Cl)cc1)NCCc1ccc(F)cc1F. The van der Waals surface area contributed by atoms with Gasteiger partial charge in [0.05, 0.1) is 5.75 Å². The first kappa shape index (κ1) is 16.9. The van der Waals surface area contributed by atoms with Crippen LogP contribution in [0.3, 0.4) is 0 Å². The molecule has 0 spiro atoms. The Kier molecular flexibility index (Phi) is 5.50. The summed E-state index contributed by atoms with van der Waals surface area (Å²) < 4.78 is 52.4. The molecule has 0 aromatic heterocycles. The number of rotatable bonds is 6. The summed E-state index contributed by atoms with van der Waals surface area (Å²) in [6.07, 6.45) is 0.145. The molecular formula is C15H14ClF2NO2S. The summed E-state index contributed by atoms with van der Waals surface area (Å²) in [4.78, 5) is 0. The lowest BCUT2D eigenvalue weighted by atomic mass is 10.1. The third kappa shape index (κ3) is 5.05. The molecule has 0 atom stereocenters. The topological polar surface area (TPSA) is 46.2 Å². The van der Waals surface area contributed by atoms with E-state index in [-0.39, 0.29) is 24.3 Å². The summed E-state index contributed by atoms with van der Waals surface area (Å²) in [7, 11) is -3.53. The lowest BCUT2D eigenvalue weighted by Crippen LogP contribution is -2.27. The molecule has 0 heterocycles. The minimum absolute atomic E-state index is 0.0402. The minimum Gasteiger partial charge on any atom is -0.215 e. The molecule has 2 aromatic rings. The highest BCUT2D eigenvalue weighted by molar-refractivity contribution is 7.88. The zero-order valence-electron chi connectivity index (χ0n) is 11.5. The van der Waals surface area contributed by atoms with E-state index in [9.17, 15) is 17.2 Å². The highest BCUT2D eigenvalue weighted by Gasteiger charge is 2.12. The molecule has 0 bridgehead atoms. The molecule has 1 N–H and O–H groups in total. The Labute approximate surface area is 133 Å². The van der Waals surface area contributed by atoms with Crippen molar-refractivity contribution in [2.45, 2.75) is 12.2 Å². The molecule has 2 aromatic carbocycles. The van der Waals surface area contributed by atoms with Crippen LogP contribution in [-0.4, -0.2) is 15.0 Å². The summed E-state index contributed by atoms with van der Waals surface area (Å²) in [6, 6.07) is 9.69. The number of nitrogens with one attached hydrogen (secondary N) is 1. The molecule has 0 fully saturated rings. The van der Waals surface area contributed by atoms with Crippen molar-refractivity contribution in [3.63, 3.8) is 0 Å². The quantitative estimate of drug-likeness (QED) is 0.873. The van der Waals surface area contributed by atoms with Gasteiger partial charge in [-0.05, 0) is 35.7 Å². The van der Waals surface area contributed by atoms with Crippen LogP contribution in [0.1, 0.15) is 11.1 Å². The molecule has 0 aliphatic heterocycles. The lowest BCUT2D eigenvalue weighted by molar-refractivity contribution is 0.565. The smallest absolute Gasteiger partial charge is 0.215 e. The number of halogens is 3. The summed E-state index contributed by atoms with van der Waals surface area (Å²) in [6.45, 7) is 0.0402. The van der Waals surface area contributed by atoms with Gasteiger partial charge in [0.25, 0.3) is 0 Å². The Morgan fingerprint density at radius 1 is 1.05 bits per heavy atom. The molecule has 3 nitrogen and oxygen atoms in total. The van der Waals surface area contributed by atoms with E-state index in [4.69, 9.17) is 11.6 Å². The minimum atomic E-state index is -3.53. The highest BCUT2D eigenvalue weighted by Crippen LogP contribution is 2.12. The Morgan fingerprint density at radius 3 is 2.36 bits per heavy atom. The van der Waals surface area contributed by atoms with E-state index in [0.29, 0.717) is 10.6 Å². The van der Waals surface area contributed by atoms with Crippen LogP contribution in [0.15, 0.2) is 42.5 Å². The summed E-state index contributed by atoms with van der Waals surface area (Å²) in [5.74, 6) is -1.53. The Balaban J connectivity index is 1.91. The predicted molar refractivity (Wildman–Crippen MR) is 82.1 cm³/mol. The van der Waals surface area contributed by atoms with Crippen LogP contribution in [0.5, 0.6) is 0 Å². The third-order valence-corrected chi connectivity index (χ3v) is 4.61. The second-order valence-electron chi connectivity index (χ2n) is 4.77. The van der Waals surface area contributed by atoms with Crippen molar-refractivity contribution < 1.29 is 17.2 Å². The Hall–Kier alpha value is -1.50. The first-order valence-electron chi connectivity index (χ1n) is 6.51. The fraction of sp³-hybridized carbons (Fsp3) is 0.200. The predicted octanol–water partition coefficient (Wildman–Crippen LogP) is 3.28. The van der Waals surface area contributed by atoms with Crippen molar-refractivity contribution in [3.8, 4) is 0 Å². The summed E-state index contributed by atoms with van der Waals surface area (Å²) in [5.41, 5.74) is 0.862. The number of benzene rings is 2. The monoisotopic (exact) mass is 345 g/mol. The molecule has 0 unspecified atom stereocenters. The van der Waals surface area contributed by atoms with Crippen molar-refractivity contribution in [1.82, 2.24) is 4.72 Å². The Bertz CT molecular complexity index is 749. The highest BCUT2D eigenvalue weighted by atomic mass is 35.5. The van der Waals surface area contributed by atoms with Crippen molar-refractivity contribution in [1.29, 1.82) is 0 Å². The van der Waals surface area contributed by atoms with Gasteiger partial charge in [-0.15, -0.1) is 0 Å². The summed E-state index contributed by atoms with van der Waals surface area (Å²) in [5, 5.41) is 0.529. The van der Waals surface area contributed by atoms with Crippen LogP contribution in [0.25, 0.3) is 0 Å². The van der Waals surface area contributed by atoms with Gasteiger partial charge in [0.1, 0.15) is 11.6 Å². The molecule has 2 rings (SSSR count). The van der Waals surface area contributed by atoms with Gasteiger partial charge in [0.15, 0.2) is 0 Å². The van der Waals surface area contributed by atoms with E-state index in [0.717, 1.165) is 12.1 Å². The average Bonchev–Trinajstić information content (AvgIpc) is 2.43. The van der Waals surface area contributed by atoms with Gasteiger partial charge in [0, 0.05) is 17.6 Å². The zero-order chi connectivity index (χ0) is 16.2. The molecular weight excluding hydrogens is 332 g/mol. The van der Waals surface area contributed by atoms with E-state index < -0.39 is 21.7 Å². The number of hydrogen-bond acceptors (Lipinski definition) is 2. The van der Waals surface area contributed by atoms with E-state index in [1.165, 1.54) is 6.07 Å². The first-order chi connectivity index (χ1) is 10.4. The maximum Gasteiger partial charge on any atom is 0.215 e. The third-order valence-electron chi connectivity index (χ3n) is 3.00. The fourth-order valence-corrected chi connectivity index (χ4v) is 3.19. The maximum atomic E-state index is 13.4. The second-order valence-corrected chi connectivity index (χ2v) is 7.01. The van der Waals surface area contributed by atoms with Gasteiger partial charge in [0.2, 0.25) is 10.0 Å². The van der Waals surface area contributed by atoms with E-state index in [1.807, 2.05) is 0 Å². The molecule has 22 heavy (non-hydrogen) atoms. The van der Waals surface area contributed by atoms with Crippen molar-refractivity contribution in [3.05, 3.63) is 70.2 Å². The standard InChI is InChI=1S/C15H14ClF2NO2S/c16-13-4-1-11(2-5-13)10-22(20,21)19-8-7-12-3-6-14(17)9-15(12)18/h1-6,9,19H,7-8,10H2. The number of hydrogen-bond donors (Lipinski definition) is 1. The van der Waals surface area contributed by atoms with Gasteiger partial charge < -0.3 is 0 Å². The lowest BCUT2D eigenvalue weighted by Gasteiger charge is -2.08. The van der Waals surface area contributed by atoms with Crippen molar-refractivity contribution >= 4 is 21.6 Å². The molecule has 0 aliphatic rings. The average molecular weight is 346 g/mol. The maximum absolute atomic E-state index is 13.4. The molecule has 0 saturated heterocycles. The fourth-order valence-electron chi connectivity index (χ4n) is 1.92. The van der Waals surface area contributed by atoms with Crippen LogP contribution in [-0.2, 0) is 22.2 Å². The Morgan fingerprint density at radius 2 is 1.73 bits per heavy atom. The molecule has 7 heteroatoms.